The molecule has 6 heteroatoms. The van der Waals surface area contributed by atoms with E-state index < -0.39 is 0 Å². The molecule has 0 bridgehead atoms. The van der Waals surface area contributed by atoms with Crippen molar-refractivity contribution in [2.45, 2.75) is 46.1 Å². The molecule has 1 aliphatic rings. The summed E-state index contributed by atoms with van der Waals surface area (Å²) >= 11 is 8.13. The molecule has 0 atom stereocenters. The van der Waals surface area contributed by atoms with E-state index in [1.165, 1.54) is 27.1 Å². The molecule has 3 heterocycles. The molecule has 0 unspecified atom stereocenters. The Balaban J connectivity index is 1.90. The van der Waals surface area contributed by atoms with Crippen molar-refractivity contribution in [1.82, 2.24) is 14.9 Å². The van der Waals surface area contributed by atoms with E-state index in [0.29, 0.717) is 11.3 Å². The number of likely N-dealkylation sites (tertiary alicyclic amines) is 1. The van der Waals surface area contributed by atoms with Crippen LogP contribution in [0, 0.1) is 13.8 Å². The summed E-state index contributed by atoms with van der Waals surface area (Å²) in [6.45, 7) is 8.78. The second-order valence-electron chi connectivity index (χ2n) is 8.19. The molecule has 2 aromatic heterocycles. The first-order chi connectivity index (χ1) is 13.9. The highest BCUT2D eigenvalue weighted by molar-refractivity contribution is 7.19. The van der Waals surface area contributed by atoms with E-state index in [1.54, 1.807) is 11.3 Å². The van der Waals surface area contributed by atoms with E-state index in [1.807, 2.05) is 0 Å². The lowest BCUT2D eigenvalue weighted by molar-refractivity contribution is 0.252. The zero-order valence-corrected chi connectivity index (χ0v) is 19.5. The third kappa shape index (κ3) is 3.88. The summed E-state index contributed by atoms with van der Waals surface area (Å²) in [4.78, 5) is 16.4. The smallest absolute Gasteiger partial charge is 0.225 e. The number of anilines is 1. The molecule has 1 aliphatic heterocycles. The van der Waals surface area contributed by atoms with E-state index >= 15 is 0 Å². The van der Waals surface area contributed by atoms with Crippen molar-refractivity contribution in [3.63, 3.8) is 0 Å². The number of hydrogen-bond acceptors (Lipinski definition) is 5. The summed E-state index contributed by atoms with van der Waals surface area (Å²) in [6.07, 6.45) is 3.25. The van der Waals surface area contributed by atoms with Gasteiger partial charge in [-0.3, -0.25) is 0 Å². The average Bonchev–Trinajstić information content (AvgIpc) is 3.07. The first kappa shape index (κ1) is 20.6. The van der Waals surface area contributed by atoms with E-state index in [9.17, 15) is 0 Å². The van der Waals surface area contributed by atoms with E-state index in [-0.39, 0.29) is 0 Å². The van der Waals surface area contributed by atoms with Crippen molar-refractivity contribution in [3.8, 4) is 11.1 Å². The lowest BCUT2D eigenvalue weighted by atomic mass is 9.97. The fourth-order valence-electron chi connectivity index (χ4n) is 4.26. The fourth-order valence-corrected chi connectivity index (χ4v) is 5.61. The molecule has 0 radical (unpaired) electrons. The van der Waals surface area contributed by atoms with Crippen LogP contribution in [0.1, 0.15) is 35.8 Å². The Hall–Kier alpha value is -1.69. The van der Waals surface area contributed by atoms with Crippen LogP contribution in [-0.2, 0) is 6.42 Å². The first-order valence-corrected chi connectivity index (χ1v) is 11.6. The maximum atomic E-state index is 6.38. The van der Waals surface area contributed by atoms with Gasteiger partial charge in [-0.15, -0.1) is 11.3 Å². The third-order valence-corrected chi connectivity index (χ3v) is 7.66. The lowest BCUT2D eigenvalue weighted by Crippen LogP contribution is -2.42. The normalized spacial score (nSPS) is 15.9. The van der Waals surface area contributed by atoms with Crippen LogP contribution in [0.4, 0.5) is 5.82 Å². The van der Waals surface area contributed by atoms with Crippen LogP contribution in [0.5, 0.6) is 0 Å². The summed E-state index contributed by atoms with van der Waals surface area (Å²) in [7, 11) is 4.36. The highest BCUT2D eigenvalue weighted by atomic mass is 35.5. The van der Waals surface area contributed by atoms with Crippen molar-refractivity contribution >= 4 is 39.0 Å². The zero-order chi connectivity index (χ0) is 20.7. The number of benzene rings is 1. The summed E-state index contributed by atoms with van der Waals surface area (Å²) in [5.74, 6) is 0.971. The van der Waals surface area contributed by atoms with Crippen LogP contribution in [0.25, 0.3) is 21.3 Å². The van der Waals surface area contributed by atoms with Crippen LogP contribution < -0.4 is 4.90 Å². The molecule has 0 saturated carbocycles. The van der Waals surface area contributed by atoms with Crippen molar-refractivity contribution in [2.75, 3.05) is 32.1 Å². The summed E-state index contributed by atoms with van der Waals surface area (Å²) < 4.78 is 0. The number of hydrogen-bond donors (Lipinski definition) is 0. The number of piperidine rings is 1. The maximum Gasteiger partial charge on any atom is 0.225 e. The Morgan fingerprint density at radius 2 is 1.90 bits per heavy atom. The molecule has 0 amide bonds. The highest BCUT2D eigenvalue weighted by Gasteiger charge is 2.26. The summed E-state index contributed by atoms with van der Waals surface area (Å²) in [6, 6.07) is 7.21. The fraction of sp³-hybridized carbons (Fsp3) is 0.478. The maximum absolute atomic E-state index is 6.38. The minimum atomic E-state index is 0.336. The van der Waals surface area contributed by atoms with Crippen molar-refractivity contribution in [3.05, 3.63) is 39.5 Å². The molecule has 154 valence electrons. The van der Waals surface area contributed by atoms with Crippen LogP contribution in [0.15, 0.2) is 18.2 Å². The Labute approximate surface area is 182 Å². The quantitative estimate of drug-likeness (QED) is 0.497. The Morgan fingerprint density at radius 3 is 2.55 bits per heavy atom. The van der Waals surface area contributed by atoms with Gasteiger partial charge in [-0.1, -0.05) is 25.1 Å². The minimum Gasteiger partial charge on any atom is -0.356 e. The Kier molecular flexibility index (Phi) is 5.83. The Morgan fingerprint density at radius 1 is 1.17 bits per heavy atom. The van der Waals surface area contributed by atoms with Crippen LogP contribution in [0.2, 0.25) is 5.28 Å². The van der Waals surface area contributed by atoms with Crippen molar-refractivity contribution in [2.24, 2.45) is 0 Å². The number of aromatic nitrogens is 2. The molecular weight excluding hydrogens is 400 g/mol. The molecule has 0 N–H and O–H groups in total. The van der Waals surface area contributed by atoms with Gasteiger partial charge in [0.1, 0.15) is 10.6 Å². The molecule has 1 fully saturated rings. The molecule has 1 aromatic carbocycles. The number of thiophene rings is 1. The molecule has 4 rings (SSSR count). The number of fused-ring (bicyclic) bond motifs is 1. The Bertz CT molecular complexity index is 1040. The van der Waals surface area contributed by atoms with E-state index in [4.69, 9.17) is 16.6 Å². The van der Waals surface area contributed by atoms with Gasteiger partial charge < -0.3 is 9.80 Å². The summed E-state index contributed by atoms with van der Waals surface area (Å²) in [5, 5.41) is 1.49. The van der Waals surface area contributed by atoms with Gasteiger partial charge in [-0.2, -0.15) is 4.98 Å². The molecule has 4 nitrogen and oxygen atoms in total. The van der Waals surface area contributed by atoms with Gasteiger partial charge in [-0.25, -0.2) is 4.98 Å². The highest BCUT2D eigenvalue weighted by Crippen LogP contribution is 2.43. The van der Waals surface area contributed by atoms with Gasteiger partial charge in [0.2, 0.25) is 5.28 Å². The second-order valence-corrected chi connectivity index (χ2v) is 9.62. The van der Waals surface area contributed by atoms with Crippen LogP contribution in [0.3, 0.4) is 0 Å². The average molecular weight is 429 g/mol. The molecular formula is C23H29ClN4S. The standard InChI is InChI=1S/C23H29ClN4S/c1-6-18-19(16-8-7-14(2)15(3)13-16)20-21(25-23(24)26-22(20)29-18)28(5)17-9-11-27(4)12-10-17/h7-8,13,17H,6,9-12H2,1-5H3. The van der Waals surface area contributed by atoms with Gasteiger partial charge in [-0.05, 0) is 81.5 Å². The van der Waals surface area contributed by atoms with Gasteiger partial charge in [0.25, 0.3) is 0 Å². The molecule has 3 aromatic rings. The topological polar surface area (TPSA) is 32.3 Å². The van der Waals surface area contributed by atoms with Gasteiger partial charge in [0, 0.05) is 23.5 Å². The monoisotopic (exact) mass is 428 g/mol. The van der Waals surface area contributed by atoms with E-state index in [2.05, 4.69) is 67.8 Å². The van der Waals surface area contributed by atoms with Crippen LogP contribution >= 0.6 is 22.9 Å². The second kappa shape index (κ2) is 8.21. The molecule has 0 spiro atoms. The predicted molar refractivity (Wildman–Crippen MR) is 126 cm³/mol. The zero-order valence-electron chi connectivity index (χ0n) is 17.9. The van der Waals surface area contributed by atoms with Gasteiger partial charge in [0.05, 0.1) is 5.39 Å². The van der Waals surface area contributed by atoms with Gasteiger partial charge >= 0.3 is 0 Å². The number of rotatable bonds is 4. The van der Waals surface area contributed by atoms with Crippen LogP contribution in [-0.4, -0.2) is 48.1 Å². The SMILES string of the molecule is CCc1sc2nc(Cl)nc(N(C)C3CCN(C)CC3)c2c1-c1ccc(C)c(C)c1. The van der Waals surface area contributed by atoms with Crippen molar-refractivity contribution < 1.29 is 0 Å². The predicted octanol–water partition coefficient (Wildman–Crippen LogP) is 5.72. The van der Waals surface area contributed by atoms with E-state index in [0.717, 1.165) is 48.4 Å². The molecule has 0 aliphatic carbocycles. The number of nitrogens with zero attached hydrogens (tertiary/aromatic N) is 4. The molecule has 29 heavy (non-hydrogen) atoms. The first-order valence-electron chi connectivity index (χ1n) is 10.4. The third-order valence-electron chi connectivity index (χ3n) is 6.26. The number of halogens is 1. The molecule has 1 saturated heterocycles. The minimum absolute atomic E-state index is 0.336. The largest absolute Gasteiger partial charge is 0.356 e. The number of aryl methyl sites for hydroxylation is 3. The lowest BCUT2D eigenvalue weighted by Gasteiger charge is -2.36. The summed E-state index contributed by atoms with van der Waals surface area (Å²) in [5.41, 5.74) is 5.15. The van der Waals surface area contributed by atoms with Gasteiger partial charge in [0.15, 0.2) is 0 Å². The van der Waals surface area contributed by atoms with Crippen molar-refractivity contribution in [1.29, 1.82) is 0 Å².